The van der Waals surface area contributed by atoms with E-state index in [4.69, 9.17) is 17.3 Å². The van der Waals surface area contributed by atoms with Crippen LogP contribution in [0.3, 0.4) is 0 Å². The van der Waals surface area contributed by atoms with E-state index >= 15 is 0 Å². The first-order valence-electron chi connectivity index (χ1n) is 6.01. The number of anilines is 1. The largest absolute Gasteiger partial charge is 0.396 e. The molecule has 0 aliphatic heterocycles. The van der Waals surface area contributed by atoms with Crippen LogP contribution in [0.4, 0.5) is 5.69 Å². The van der Waals surface area contributed by atoms with Crippen molar-refractivity contribution in [1.82, 2.24) is 0 Å². The Morgan fingerprint density at radius 2 is 1.55 bits per heavy atom. The summed E-state index contributed by atoms with van der Waals surface area (Å²) in [5, 5.41) is -0.363. The number of carbonyl (C=O) groups is 2. The van der Waals surface area contributed by atoms with Crippen molar-refractivity contribution in [1.29, 1.82) is 0 Å². The monoisotopic (exact) mass is 337 g/mol. The van der Waals surface area contributed by atoms with E-state index in [1.165, 1.54) is 12.1 Å². The van der Waals surface area contributed by atoms with Crippen molar-refractivity contribution >= 4 is 39.0 Å². The maximum absolute atomic E-state index is 12.5. The number of halogens is 1. The Kier molecular flexibility index (Phi) is 3.10. The minimum Gasteiger partial charge on any atom is -0.396 e. The number of hydrogen-bond acceptors (Lipinski definition) is 5. The Labute approximate surface area is 130 Å². The lowest BCUT2D eigenvalue weighted by atomic mass is 9.84. The molecule has 0 saturated heterocycles. The van der Waals surface area contributed by atoms with Gasteiger partial charge in [-0.1, -0.05) is 35.9 Å². The van der Waals surface area contributed by atoms with Gasteiger partial charge in [-0.3, -0.25) is 14.1 Å². The fourth-order valence-corrected chi connectivity index (χ4v) is 3.41. The molecule has 0 atom stereocenters. The van der Waals surface area contributed by atoms with E-state index in [1.54, 1.807) is 12.1 Å². The van der Waals surface area contributed by atoms with Crippen LogP contribution in [0.1, 0.15) is 31.8 Å². The number of rotatable bonds is 1. The number of nitrogens with two attached hydrogens (primary N) is 1. The van der Waals surface area contributed by atoms with Crippen molar-refractivity contribution in [2.24, 2.45) is 0 Å². The quantitative estimate of drug-likeness (QED) is 0.518. The number of nitrogen functional groups attached to an aromatic ring is 1. The molecule has 0 aromatic heterocycles. The van der Waals surface area contributed by atoms with Gasteiger partial charge in [0.2, 0.25) is 0 Å². The normalized spacial score (nSPS) is 13.7. The first kappa shape index (κ1) is 14.7. The number of ketones is 2. The molecule has 0 spiro atoms. The van der Waals surface area contributed by atoms with Crippen LogP contribution >= 0.6 is 11.6 Å². The van der Waals surface area contributed by atoms with Gasteiger partial charge in [-0.25, -0.2) is 0 Å². The highest BCUT2D eigenvalue weighted by Gasteiger charge is 2.34. The summed E-state index contributed by atoms with van der Waals surface area (Å²) in [6.07, 6.45) is 0. The molecule has 1 aliphatic rings. The number of fused-ring (bicyclic) bond motifs is 2. The Balaban J connectivity index is 2.42. The van der Waals surface area contributed by atoms with Gasteiger partial charge in [-0.15, -0.1) is 0 Å². The molecule has 1 aliphatic carbocycles. The van der Waals surface area contributed by atoms with E-state index in [0.717, 1.165) is 6.07 Å². The molecule has 0 radical (unpaired) electrons. The highest BCUT2D eigenvalue weighted by molar-refractivity contribution is 7.86. The van der Waals surface area contributed by atoms with Crippen molar-refractivity contribution in [2.75, 3.05) is 5.73 Å². The zero-order valence-corrected chi connectivity index (χ0v) is 12.4. The Morgan fingerprint density at radius 3 is 2.09 bits per heavy atom. The summed E-state index contributed by atoms with van der Waals surface area (Å²) in [6.45, 7) is 0. The van der Waals surface area contributed by atoms with E-state index in [-0.39, 0.29) is 27.3 Å². The molecule has 0 heterocycles. The van der Waals surface area contributed by atoms with Crippen LogP contribution in [0.2, 0.25) is 5.02 Å². The lowest BCUT2D eigenvalue weighted by Crippen LogP contribution is -2.23. The summed E-state index contributed by atoms with van der Waals surface area (Å²) < 4.78 is 31.9. The molecule has 0 fully saturated rings. The first-order chi connectivity index (χ1) is 10.2. The second-order valence-corrected chi connectivity index (χ2v) is 6.47. The minimum atomic E-state index is -4.68. The molecule has 3 rings (SSSR count). The van der Waals surface area contributed by atoms with Crippen LogP contribution < -0.4 is 5.73 Å². The third-order valence-corrected chi connectivity index (χ3v) is 4.72. The fraction of sp³-hybridized carbons (Fsp3) is 0. The highest BCUT2D eigenvalue weighted by atomic mass is 35.5. The summed E-state index contributed by atoms with van der Waals surface area (Å²) in [4.78, 5) is 24.3. The number of hydrogen-bond donors (Lipinski definition) is 2. The second-order valence-electron chi connectivity index (χ2n) is 4.70. The lowest BCUT2D eigenvalue weighted by molar-refractivity contribution is 0.0979. The zero-order valence-electron chi connectivity index (χ0n) is 10.8. The summed E-state index contributed by atoms with van der Waals surface area (Å²) in [7, 11) is -4.68. The topological polar surface area (TPSA) is 115 Å². The average Bonchev–Trinajstić information content (AvgIpc) is 2.46. The fourth-order valence-electron chi connectivity index (χ4n) is 2.42. The summed E-state index contributed by atoms with van der Waals surface area (Å²) in [5.41, 5.74) is 5.07. The molecule has 3 N–H and O–H groups in total. The van der Waals surface area contributed by atoms with Gasteiger partial charge in [0.25, 0.3) is 10.1 Å². The van der Waals surface area contributed by atoms with Gasteiger partial charge in [-0.2, -0.15) is 8.42 Å². The molecule has 112 valence electrons. The molecule has 2 aromatic rings. The van der Waals surface area contributed by atoms with Crippen molar-refractivity contribution in [2.45, 2.75) is 4.90 Å². The molecule has 6 nitrogen and oxygen atoms in total. The smallest absolute Gasteiger partial charge is 0.296 e. The van der Waals surface area contributed by atoms with Gasteiger partial charge < -0.3 is 5.73 Å². The molecule has 0 unspecified atom stereocenters. The molecule has 8 heteroatoms. The predicted octanol–water partition coefficient (Wildman–Crippen LogP) is 1.94. The van der Waals surface area contributed by atoms with Crippen LogP contribution in [0.25, 0.3) is 0 Å². The third kappa shape index (κ3) is 1.94. The van der Waals surface area contributed by atoms with Gasteiger partial charge in [0, 0.05) is 16.7 Å². The standard InChI is InChI=1S/C14H8ClNO5S/c15-11-10-8(5-9(12(11)16)22(19,20)21)13(17)6-3-1-2-4-7(6)14(10)18/h1-5H,16H2,(H,19,20,21). The Bertz CT molecular complexity index is 965. The van der Waals surface area contributed by atoms with Crippen LogP contribution in [0.15, 0.2) is 35.2 Å². The number of benzene rings is 2. The molecule has 0 saturated carbocycles. The maximum atomic E-state index is 12.5. The van der Waals surface area contributed by atoms with Gasteiger partial charge in [0.05, 0.1) is 16.3 Å². The van der Waals surface area contributed by atoms with Gasteiger partial charge in [-0.05, 0) is 6.07 Å². The summed E-state index contributed by atoms with van der Waals surface area (Å²) in [5.74, 6) is -1.08. The zero-order chi connectivity index (χ0) is 16.2. The number of carbonyl (C=O) groups excluding carboxylic acids is 2. The highest BCUT2D eigenvalue weighted by Crippen LogP contribution is 2.38. The van der Waals surface area contributed by atoms with E-state index < -0.39 is 32.3 Å². The third-order valence-electron chi connectivity index (χ3n) is 3.43. The molecular weight excluding hydrogens is 330 g/mol. The van der Waals surface area contributed by atoms with E-state index in [0.29, 0.717) is 0 Å². The van der Waals surface area contributed by atoms with Gasteiger partial charge >= 0.3 is 0 Å². The maximum Gasteiger partial charge on any atom is 0.296 e. The van der Waals surface area contributed by atoms with Crippen molar-refractivity contribution in [3.63, 3.8) is 0 Å². The lowest BCUT2D eigenvalue weighted by Gasteiger charge is -2.20. The van der Waals surface area contributed by atoms with E-state index in [1.807, 2.05) is 0 Å². The molecular formula is C14H8ClNO5S. The summed E-state index contributed by atoms with van der Waals surface area (Å²) >= 11 is 5.98. The summed E-state index contributed by atoms with van der Waals surface area (Å²) in [6, 6.07) is 6.98. The average molecular weight is 338 g/mol. The van der Waals surface area contributed by atoms with E-state index in [2.05, 4.69) is 0 Å². The van der Waals surface area contributed by atoms with Crippen molar-refractivity contribution in [3.8, 4) is 0 Å². The Hall–Kier alpha value is -2.22. The Morgan fingerprint density at radius 1 is 1.00 bits per heavy atom. The minimum absolute atomic E-state index is 0.141. The molecule has 2 aromatic carbocycles. The molecule has 0 amide bonds. The van der Waals surface area contributed by atoms with Crippen LogP contribution in [-0.4, -0.2) is 24.5 Å². The van der Waals surface area contributed by atoms with Crippen LogP contribution in [-0.2, 0) is 10.1 Å². The first-order valence-corrected chi connectivity index (χ1v) is 7.83. The molecule has 0 bridgehead atoms. The van der Waals surface area contributed by atoms with Gasteiger partial charge in [0.1, 0.15) is 4.90 Å². The SMILES string of the molecule is Nc1c(S(=O)(=O)O)cc2c(c1Cl)C(=O)c1ccccc1C2=O. The van der Waals surface area contributed by atoms with Crippen molar-refractivity contribution in [3.05, 3.63) is 57.6 Å². The van der Waals surface area contributed by atoms with E-state index in [9.17, 15) is 22.6 Å². The predicted molar refractivity (Wildman–Crippen MR) is 79.0 cm³/mol. The van der Waals surface area contributed by atoms with Crippen LogP contribution in [0, 0.1) is 0 Å². The van der Waals surface area contributed by atoms with Gasteiger partial charge in [0.15, 0.2) is 11.6 Å². The van der Waals surface area contributed by atoms with Crippen molar-refractivity contribution < 1.29 is 22.6 Å². The molecule has 22 heavy (non-hydrogen) atoms. The second kappa shape index (κ2) is 4.64. The van der Waals surface area contributed by atoms with Crippen LogP contribution in [0.5, 0.6) is 0 Å².